The Bertz CT molecular complexity index is 215. The molecule has 3 aliphatic heterocycles. The lowest BCUT2D eigenvalue weighted by atomic mass is 9.88. The van der Waals surface area contributed by atoms with Crippen LogP contribution >= 0.6 is 0 Å². The summed E-state index contributed by atoms with van der Waals surface area (Å²) in [5.41, 5.74) is 0.464. The largest absolute Gasteiger partial charge is 0.380 e. The first-order valence-electron chi connectivity index (χ1n) is 5.76. The summed E-state index contributed by atoms with van der Waals surface area (Å²) in [6.07, 6.45) is 0. The van der Waals surface area contributed by atoms with Crippen molar-refractivity contribution in [3.63, 3.8) is 0 Å². The second kappa shape index (κ2) is 3.19. The summed E-state index contributed by atoms with van der Waals surface area (Å²) in [6.45, 7) is 10.7. The van der Waals surface area contributed by atoms with E-state index in [1.54, 1.807) is 0 Å². The van der Waals surface area contributed by atoms with Gasteiger partial charge in [-0.2, -0.15) is 0 Å². The average molecular weight is 196 g/mol. The predicted octanol–water partition coefficient (Wildman–Crippen LogP) is 0.174. The molecule has 14 heavy (non-hydrogen) atoms. The van der Waals surface area contributed by atoms with Crippen molar-refractivity contribution in [2.24, 2.45) is 17.3 Å². The summed E-state index contributed by atoms with van der Waals surface area (Å²) in [6, 6.07) is 0. The molecule has 3 fully saturated rings. The second-order valence-electron chi connectivity index (χ2n) is 5.68. The molecule has 3 aliphatic rings. The van der Waals surface area contributed by atoms with Crippen LogP contribution in [-0.2, 0) is 4.74 Å². The normalized spacial score (nSPS) is 40.9. The van der Waals surface area contributed by atoms with E-state index < -0.39 is 0 Å². The molecule has 0 aliphatic carbocycles. The van der Waals surface area contributed by atoms with Gasteiger partial charge in [0.05, 0.1) is 13.2 Å². The zero-order chi connectivity index (χ0) is 9.60. The minimum absolute atomic E-state index is 0.464. The standard InChI is InChI=1S/C11H20N2O/c1-11(7-14-8-11)6-13-4-9-2-12-3-10(9)5-13/h9-10,12H,2-8H2,1H3/t9-,10+. The molecule has 80 valence electrons. The molecule has 3 heterocycles. The molecular formula is C11H20N2O. The minimum atomic E-state index is 0.464. The number of nitrogens with one attached hydrogen (secondary N) is 1. The minimum Gasteiger partial charge on any atom is -0.380 e. The molecule has 1 N–H and O–H groups in total. The molecule has 0 aromatic heterocycles. The fourth-order valence-electron chi connectivity index (χ4n) is 3.16. The van der Waals surface area contributed by atoms with Gasteiger partial charge in [-0.15, -0.1) is 0 Å². The zero-order valence-corrected chi connectivity index (χ0v) is 8.96. The number of hydrogen-bond acceptors (Lipinski definition) is 3. The topological polar surface area (TPSA) is 24.5 Å². The molecule has 0 spiro atoms. The summed E-state index contributed by atoms with van der Waals surface area (Å²) < 4.78 is 5.30. The van der Waals surface area contributed by atoms with Gasteiger partial charge in [-0.3, -0.25) is 0 Å². The summed E-state index contributed by atoms with van der Waals surface area (Å²) in [5, 5.41) is 3.48. The highest BCUT2D eigenvalue weighted by Crippen LogP contribution is 2.32. The third-order valence-corrected chi connectivity index (χ3v) is 3.97. The van der Waals surface area contributed by atoms with E-state index in [1.165, 1.54) is 32.7 Å². The maximum atomic E-state index is 5.30. The Morgan fingerprint density at radius 3 is 2.43 bits per heavy atom. The van der Waals surface area contributed by atoms with Crippen LogP contribution in [0, 0.1) is 17.3 Å². The van der Waals surface area contributed by atoms with Gasteiger partial charge < -0.3 is 15.0 Å². The third kappa shape index (κ3) is 1.47. The predicted molar refractivity (Wildman–Crippen MR) is 55.2 cm³/mol. The molecule has 0 saturated carbocycles. The lowest BCUT2D eigenvalue weighted by Crippen LogP contribution is -2.48. The lowest BCUT2D eigenvalue weighted by Gasteiger charge is -2.41. The highest BCUT2D eigenvalue weighted by atomic mass is 16.5. The fraction of sp³-hybridized carbons (Fsp3) is 1.00. The Labute approximate surface area is 85.8 Å². The van der Waals surface area contributed by atoms with Gasteiger partial charge in [0.2, 0.25) is 0 Å². The van der Waals surface area contributed by atoms with Crippen LogP contribution in [0.4, 0.5) is 0 Å². The highest BCUT2D eigenvalue weighted by Gasteiger charge is 2.41. The molecule has 0 aromatic carbocycles. The van der Waals surface area contributed by atoms with E-state index in [4.69, 9.17) is 4.74 Å². The van der Waals surface area contributed by atoms with Crippen LogP contribution in [0.25, 0.3) is 0 Å². The highest BCUT2D eigenvalue weighted by molar-refractivity contribution is 4.94. The number of fused-ring (bicyclic) bond motifs is 1. The molecule has 3 rings (SSSR count). The van der Waals surface area contributed by atoms with Crippen LogP contribution in [-0.4, -0.2) is 50.8 Å². The number of rotatable bonds is 2. The van der Waals surface area contributed by atoms with Gasteiger partial charge in [0.1, 0.15) is 0 Å². The molecule has 2 atom stereocenters. The quantitative estimate of drug-likeness (QED) is 0.681. The van der Waals surface area contributed by atoms with Gasteiger partial charge in [-0.05, 0) is 24.9 Å². The summed E-state index contributed by atoms with van der Waals surface area (Å²) in [4.78, 5) is 2.65. The van der Waals surface area contributed by atoms with Crippen molar-refractivity contribution >= 4 is 0 Å². The lowest BCUT2D eigenvalue weighted by molar-refractivity contribution is -0.113. The van der Waals surface area contributed by atoms with Crippen molar-refractivity contribution in [2.45, 2.75) is 6.92 Å². The van der Waals surface area contributed by atoms with Gasteiger partial charge in [0.25, 0.3) is 0 Å². The Hall–Kier alpha value is -0.120. The summed E-state index contributed by atoms with van der Waals surface area (Å²) >= 11 is 0. The number of nitrogens with zero attached hydrogens (tertiary/aromatic N) is 1. The van der Waals surface area contributed by atoms with E-state index in [2.05, 4.69) is 17.1 Å². The maximum Gasteiger partial charge on any atom is 0.0554 e. The van der Waals surface area contributed by atoms with Crippen molar-refractivity contribution in [2.75, 3.05) is 45.9 Å². The number of hydrogen-bond donors (Lipinski definition) is 1. The molecule has 0 radical (unpaired) electrons. The van der Waals surface area contributed by atoms with E-state index in [0.717, 1.165) is 25.0 Å². The first-order valence-corrected chi connectivity index (χ1v) is 5.76. The Morgan fingerprint density at radius 1 is 1.29 bits per heavy atom. The zero-order valence-electron chi connectivity index (χ0n) is 8.96. The molecular weight excluding hydrogens is 176 g/mol. The number of ether oxygens (including phenoxy) is 1. The smallest absolute Gasteiger partial charge is 0.0554 e. The van der Waals surface area contributed by atoms with Crippen LogP contribution in [0.15, 0.2) is 0 Å². The molecule has 0 unspecified atom stereocenters. The fourth-order valence-corrected chi connectivity index (χ4v) is 3.16. The van der Waals surface area contributed by atoms with Crippen molar-refractivity contribution in [1.82, 2.24) is 10.2 Å². The van der Waals surface area contributed by atoms with Crippen molar-refractivity contribution in [1.29, 1.82) is 0 Å². The van der Waals surface area contributed by atoms with Crippen LogP contribution in [0.1, 0.15) is 6.92 Å². The third-order valence-electron chi connectivity index (χ3n) is 3.97. The van der Waals surface area contributed by atoms with Gasteiger partial charge in [-0.25, -0.2) is 0 Å². The Morgan fingerprint density at radius 2 is 1.93 bits per heavy atom. The summed E-state index contributed by atoms with van der Waals surface area (Å²) in [5.74, 6) is 1.86. The van der Waals surface area contributed by atoms with E-state index in [0.29, 0.717) is 5.41 Å². The van der Waals surface area contributed by atoms with Gasteiger partial charge in [-0.1, -0.05) is 6.92 Å². The van der Waals surface area contributed by atoms with Crippen LogP contribution in [0.2, 0.25) is 0 Å². The SMILES string of the molecule is CC1(CN2C[C@H]3CNC[C@H]3C2)COC1. The Balaban J connectivity index is 1.55. The molecule has 3 saturated heterocycles. The number of likely N-dealkylation sites (tertiary alicyclic amines) is 1. The summed E-state index contributed by atoms with van der Waals surface area (Å²) in [7, 11) is 0. The Kier molecular flexibility index (Phi) is 2.08. The first kappa shape index (κ1) is 9.13. The van der Waals surface area contributed by atoms with E-state index >= 15 is 0 Å². The maximum absolute atomic E-state index is 5.30. The average Bonchev–Trinajstić information content (AvgIpc) is 2.60. The van der Waals surface area contributed by atoms with E-state index in [9.17, 15) is 0 Å². The van der Waals surface area contributed by atoms with Crippen molar-refractivity contribution in [3.8, 4) is 0 Å². The molecule has 0 bridgehead atoms. The monoisotopic (exact) mass is 196 g/mol. The molecule has 0 amide bonds. The van der Waals surface area contributed by atoms with Crippen LogP contribution < -0.4 is 5.32 Å². The van der Waals surface area contributed by atoms with Crippen LogP contribution in [0.3, 0.4) is 0 Å². The van der Waals surface area contributed by atoms with Crippen molar-refractivity contribution < 1.29 is 4.74 Å². The molecule has 3 nitrogen and oxygen atoms in total. The second-order valence-corrected chi connectivity index (χ2v) is 5.68. The van der Waals surface area contributed by atoms with Gasteiger partial charge >= 0.3 is 0 Å². The van der Waals surface area contributed by atoms with E-state index in [1.807, 2.05) is 0 Å². The van der Waals surface area contributed by atoms with Gasteiger partial charge in [0.15, 0.2) is 0 Å². The first-order chi connectivity index (χ1) is 6.75. The van der Waals surface area contributed by atoms with Gasteiger partial charge in [0, 0.05) is 25.0 Å². The molecule has 3 heteroatoms. The molecule has 0 aromatic rings. The van der Waals surface area contributed by atoms with E-state index in [-0.39, 0.29) is 0 Å². The van der Waals surface area contributed by atoms with Crippen molar-refractivity contribution in [3.05, 3.63) is 0 Å². The van der Waals surface area contributed by atoms with Crippen LogP contribution in [0.5, 0.6) is 0 Å².